The zero-order chi connectivity index (χ0) is 27.6. The van der Waals surface area contributed by atoms with Crippen LogP contribution in [0.1, 0.15) is 54.1 Å². The summed E-state index contributed by atoms with van der Waals surface area (Å²) in [5.41, 5.74) is 2.61. The van der Waals surface area contributed by atoms with E-state index in [1.54, 1.807) is 29.2 Å². The van der Waals surface area contributed by atoms with E-state index in [2.05, 4.69) is 11.4 Å². The van der Waals surface area contributed by atoms with Crippen molar-refractivity contribution in [1.82, 2.24) is 15.1 Å². The number of benzene rings is 2. The number of nitrogens with one attached hydrogen (secondary N) is 1. The van der Waals surface area contributed by atoms with Crippen molar-refractivity contribution in [3.8, 4) is 5.75 Å². The molecule has 10 nitrogen and oxygen atoms in total. The van der Waals surface area contributed by atoms with E-state index in [0.717, 1.165) is 24.0 Å². The van der Waals surface area contributed by atoms with Gasteiger partial charge < -0.3 is 34.4 Å². The molecule has 10 heteroatoms. The van der Waals surface area contributed by atoms with Crippen LogP contribution in [-0.2, 0) is 20.8 Å². The number of rotatable bonds is 7. The molecular weight excluding hydrogens is 502 g/mol. The number of hydrogen-bond donors (Lipinski definition) is 2. The van der Waals surface area contributed by atoms with Crippen LogP contribution in [0.5, 0.6) is 5.75 Å². The van der Waals surface area contributed by atoms with Crippen molar-refractivity contribution in [3.63, 3.8) is 0 Å². The van der Waals surface area contributed by atoms with Gasteiger partial charge >= 0.3 is 6.09 Å². The Balaban J connectivity index is 1.11. The fraction of sp³-hybridized carbons (Fsp3) is 0.483. The predicted octanol–water partition coefficient (Wildman–Crippen LogP) is 3.22. The summed E-state index contributed by atoms with van der Waals surface area (Å²) in [6.45, 7) is 6.12. The lowest BCUT2D eigenvalue weighted by atomic mass is 9.88. The minimum absolute atomic E-state index is 0.0612. The van der Waals surface area contributed by atoms with Crippen molar-refractivity contribution in [2.45, 2.75) is 57.1 Å². The molecule has 3 aliphatic rings. The maximum Gasteiger partial charge on any atom is 0.404 e. The monoisotopic (exact) mass is 537 g/mol. The first-order valence-electron chi connectivity index (χ1n) is 13.4. The maximum atomic E-state index is 13.2. The lowest BCUT2D eigenvalue weighted by Crippen LogP contribution is -2.38. The standard InChI is InChI=1S/C29H35N3O7/c1-29(2)38-24-16-32(17-25(24)39-29)26(33)18-37-23-8-4-7-22(14-23)27(34)31-11-9-20(10-12-31)21-6-3-5-19(13-21)15-30-28(35)36/h3-8,13-14,20,24-25,30H,9-12,15-18H2,1-2H3,(H,35,36). The third-order valence-electron chi connectivity index (χ3n) is 7.53. The number of amides is 3. The number of carboxylic acid groups (broad SMARTS) is 1. The second kappa shape index (κ2) is 11.2. The summed E-state index contributed by atoms with van der Waals surface area (Å²) in [6.07, 6.45) is 0.374. The minimum Gasteiger partial charge on any atom is -0.484 e. The largest absolute Gasteiger partial charge is 0.484 e. The average Bonchev–Trinajstić information content (AvgIpc) is 3.44. The molecule has 5 rings (SSSR count). The predicted molar refractivity (Wildman–Crippen MR) is 142 cm³/mol. The van der Waals surface area contributed by atoms with Crippen molar-refractivity contribution in [3.05, 3.63) is 65.2 Å². The van der Waals surface area contributed by atoms with Crippen LogP contribution in [0.15, 0.2) is 48.5 Å². The van der Waals surface area contributed by atoms with Gasteiger partial charge in [0.15, 0.2) is 12.4 Å². The van der Waals surface area contributed by atoms with Crippen LogP contribution in [-0.4, -0.2) is 83.6 Å². The van der Waals surface area contributed by atoms with Gasteiger partial charge in [0.1, 0.15) is 18.0 Å². The molecule has 2 aromatic carbocycles. The van der Waals surface area contributed by atoms with Gasteiger partial charge in [-0.3, -0.25) is 9.59 Å². The summed E-state index contributed by atoms with van der Waals surface area (Å²) in [5, 5.41) is 11.2. The van der Waals surface area contributed by atoms with E-state index >= 15 is 0 Å². The third kappa shape index (κ3) is 6.51. The molecule has 2 unspecified atom stereocenters. The van der Waals surface area contributed by atoms with Gasteiger partial charge in [0.2, 0.25) is 0 Å². The summed E-state index contributed by atoms with van der Waals surface area (Å²) in [4.78, 5) is 40.2. The van der Waals surface area contributed by atoms with Gasteiger partial charge in [0, 0.05) is 38.3 Å². The third-order valence-corrected chi connectivity index (χ3v) is 7.53. The first-order chi connectivity index (χ1) is 18.7. The summed E-state index contributed by atoms with van der Waals surface area (Å²) < 4.78 is 17.5. The number of carbonyl (C=O) groups is 3. The topological polar surface area (TPSA) is 118 Å². The SMILES string of the molecule is CC1(C)OC2CN(C(=O)COc3cccc(C(=O)N4CCC(c5cccc(CNC(=O)O)c5)CC4)c3)CC2O1. The second-order valence-corrected chi connectivity index (χ2v) is 10.8. The van der Waals surface area contributed by atoms with E-state index in [1.165, 1.54) is 0 Å². The van der Waals surface area contributed by atoms with Crippen LogP contribution < -0.4 is 10.1 Å². The Hall–Kier alpha value is -3.63. The molecule has 3 saturated heterocycles. The molecule has 0 aromatic heterocycles. The fourth-order valence-corrected chi connectivity index (χ4v) is 5.62. The van der Waals surface area contributed by atoms with Gasteiger partial charge in [-0.2, -0.15) is 0 Å². The van der Waals surface area contributed by atoms with Gasteiger partial charge in [-0.1, -0.05) is 30.3 Å². The highest BCUT2D eigenvalue weighted by atomic mass is 16.8. The van der Waals surface area contributed by atoms with E-state index in [4.69, 9.17) is 19.3 Å². The molecule has 2 atom stereocenters. The van der Waals surface area contributed by atoms with Crippen LogP contribution in [0.2, 0.25) is 0 Å². The molecule has 2 N–H and O–H groups in total. The highest BCUT2D eigenvalue weighted by molar-refractivity contribution is 5.94. The van der Waals surface area contributed by atoms with Crippen molar-refractivity contribution in [1.29, 1.82) is 0 Å². The molecule has 2 aromatic rings. The van der Waals surface area contributed by atoms with Gasteiger partial charge in [0.05, 0.1) is 0 Å². The van der Waals surface area contributed by atoms with Crippen LogP contribution in [0, 0.1) is 0 Å². The number of piperidine rings is 1. The van der Waals surface area contributed by atoms with Crippen molar-refractivity contribution in [2.75, 3.05) is 32.8 Å². The lowest BCUT2D eigenvalue weighted by Gasteiger charge is -2.32. The maximum absolute atomic E-state index is 13.2. The van der Waals surface area contributed by atoms with Gasteiger partial charge in [-0.05, 0) is 61.9 Å². The number of nitrogens with zero attached hydrogens (tertiary/aromatic N) is 2. The molecule has 0 spiro atoms. The Bertz CT molecular complexity index is 1210. The molecule has 208 valence electrons. The zero-order valence-corrected chi connectivity index (χ0v) is 22.3. The molecule has 0 bridgehead atoms. The first-order valence-corrected chi connectivity index (χ1v) is 13.4. The Labute approximate surface area is 227 Å². The molecule has 0 radical (unpaired) electrons. The van der Waals surface area contributed by atoms with Crippen molar-refractivity contribution < 1.29 is 33.7 Å². The second-order valence-electron chi connectivity index (χ2n) is 10.8. The van der Waals surface area contributed by atoms with Crippen LogP contribution >= 0.6 is 0 Å². The van der Waals surface area contributed by atoms with Crippen molar-refractivity contribution >= 4 is 17.9 Å². The molecule has 0 saturated carbocycles. The summed E-state index contributed by atoms with van der Waals surface area (Å²) in [7, 11) is 0. The average molecular weight is 538 g/mol. The van der Waals surface area contributed by atoms with E-state index in [1.807, 2.05) is 36.9 Å². The summed E-state index contributed by atoms with van der Waals surface area (Å²) >= 11 is 0. The molecule has 3 aliphatic heterocycles. The number of likely N-dealkylation sites (tertiary alicyclic amines) is 2. The molecule has 3 fully saturated rings. The molecule has 3 amide bonds. The minimum atomic E-state index is -1.05. The van der Waals surface area contributed by atoms with E-state index in [9.17, 15) is 14.4 Å². The summed E-state index contributed by atoms with van der Waals surface area (Å²) in [6, 6.07) is 14.9. The lowest BCUT2D eigenvalue weighted by molar-refractivity contribution is -0.161. The van der Waals surface area contributed by atoms with E-state index in [0.29, 0.717) is 43.4 Å². The molecule has 39 heavy (non-hydrogen) atoms. The number of fused-ring (bicyclic) bond motifs is 1. The quantitative estimate of drug-likeness (QED) is 0.557. The summed E-state index contributed by atoms with van der Waals surface area (Å²) in [5.74, 6) is -0.0321. The van der Waals surface area contributed by atoms with Crippen LogP contribution in [0.25, 0.3) is 0 Å². The van der Waals surface area contributed by atoms with Gasteiger partial charge in [-0.25, -0.2) is 4.79 Å². The fourth-order valence-electron chi connectivity index (χ4n) is 5.62. The Morgan fingerprint density at radius 3 is 2.38 bits per heavy atom. The Morgan fingerprint density at radius 2 is 1.69 bits per heavy atom. The zero-order valence-electron chi connectivity index (χ0n) is 22.3. The molecule has 3 heterocycles. The highest BCUT2D eigenvalue weighted by Gasteiger charge is 2.47. The molecular formula is C29H35N3O7. The first kappa shape index (κ1) is 27.0. The smallest absolute Gasteiger partial charge is 0.404 e. The van der Waals surface area contributed by atoms with Gasteiger partial charge in [-0.15, -0.1) is 0 Å². The van der Waals surface area contributed by atoms with E-state index < -0.39 is 11.9 Å². The van der Waals surface area contributed by atoms with Gasteiger partial charge in [0.25, 0.3) is 11.8 Å². The Kier molecular flexibility index (Phi) is 7.76. The molecule has 0 aliphatic carbocycles. The highest BCUT2D eigenvalue weighted by Crippen LogP contribution is 2.33. The number of hydrogen-bond acceptors (Lipinski definition) is 6. The van der Waals surface area contributed by atoms with Crippen molar-refractivity contribution in [2.24, 2.45) is 0 Å². The van der Waals surface area contributed by atoms with E-state index in [-0.39, 0.29) is 37.2 Å². The van der Waals surface area contributed by atoms with Crippen LogP contribution in [0.4, 0.5) is 4.79 Å². The van der Waals surface area contributed by atoms with Crippen LogP contribution in [0.3, 0.4) is 0 Å². The normalized spacial score (nSPS) is 22.4. The number of ether oxygens (including phenoxy) is 3. The Morgan fingerprint density at radius 1 is 1.00 bits per heavy atom. The number of carbonyl (C=O) groups excluding carboxylic acids is 2.